The average Bonchev–Trinajstić information content (AvgIpc) is 1.56. The van der Waals surface area contributed by atoms with Crippen molar-refractivity contribution in [3.63, 3.8) is 0 Å². The number of ketones is 3. The Hall–Kier alpha value is -11.4. The molecule has 1 unspecified atom stereocenters. The van der Waals surface area contributed by atoms with Crippen LogP contribution in [0.5, 0.6) is 0 Å². The highest BCUT2D eigenvalue weighted by Crippen LogP contribution is 2.57. The van der Waals surface area contributed by atoms with Crippen LogP contribution >= 0.6 is 0 Å². The Labute approximate surface area is 505 Å². The number of esters is 1. The number of hydrogen-bond acceptors (Lipinski definition) is 18. The first-order chi connectivity index (χ1) is 43.2. The summed E-state index contributed by atoms with van der Waals surface area (Å²) in [4.78, 5) is 124. The van der Waals surface area contributed by atoms with E-state index in [1.54, 1.807) is 49.6 Å². The molecule has 27 nitrogen and oxygen atoms in total. The van der Waals surface area contributed by atoms with Gasteiger partial charge in [-0.1, -0.05) is 0 Å². The number of nitrogens with one attached hydrogen (secondary N) is 4. The number of ether oxygens (including phenoxy) is 1. The van der Waals surface area contributed by atoms with Gasteiger partial charge in [-0.3, -0.25) is 28.8 Å². The van der Waals surface area contributed by atoms with E-state index in [0.717, 1.165) is 43.4 Å². The number of Topliss-reactive ketones (excluding diaryl/α,β-unsaturated/α-hetero) is 3. The minimum atomic E-state index is -1.56. The van der Waals surface area contributed by atoms with Gasteiger partial charge in [0.2, 0.25) is 5.65 Å². The molecular formula is C61H49F2N15O12. The predicted molar refractivity (Wildman–Crippen MR) is 303 cm³/mol. The van der Waals surface area contributed by atoms with Gasteiger partial charge in [-0.05, 0) is 165 Å². The molecule has 6 aromatic heterocycles. The summed E-state index contributed by atoms with van der Waals surface area (Å²) >= 11 is 0. The molecule has 7 aliphatic rings. The summed E-state index contributed by atoms with van der Waals surface area (Å²) in [6.07, 6.45) is 8.95. The van der Waals surface area contributed by atoms with Crippen LogP contribution in [0.3, 0.4) is 0 Å². The van der Waals surface area contributed by atoms with Crippen molar-refractivity contribution in [2.75, 3.05) is 17.7 Å². The molecule has 0 saturated heterocycles. The number of benzene rings is 2. The molecule has 3 amide bonds. The van der Waals surface area contributed by atoms with Crippen LogP contribution in [0.1, 0.15) is 163 Å². The van der Waals surface area contributed by atoms with E-state index in [1.165, 1.54) is 36.7 Å². The lowest BCUT2D eigenvalue weighted by Crippen LogP contribution is -2.40. The van der Waals surface area contributed by atoms with Crippen molar-refractivity contribution >= 4 is 75.5 Å². The van der Waals surface area contributed by atoms with Gasteiger partial charge in [0.1, 0.15) is 52.1 Å². The van der Waals surface area contributed by atoms with E-state index in [-0.39, 0.29) is 68.7 Å². The maximum Gasteiger partial charge on any atom is 0.382 e. The quantitative estimate of drug-likeness (QED) is 0.0393. The maximum atomic E-state index is 13.7. The number of H-pyrrole nitrogens is 1. The average molecular weight is 1220 g/mol. The first-order valence-electron chi connectivity index (χ1n) is 28.4. The zero-order chi connectivity index (χ0) is 63.5. The van der Waals surface area contributed by atoms with Crippen LogP contribution in [0.25, 0.3) is 11.2 Å². The van der Waals surface area contributed by atoms with E-state index in [1.807, 2.05) is 9.13 Å². The van der Waals surface area contributed by atoms with Gasteiger partial charge in [0.05, 0.1) is 46.7 Å². The van der Waals surface area contributed by atoms with Crippen molar-refractivity contribution in [3.8, 4) is 12.1 Å². The normalized spacial score (nSPS) is 19.6. The van der Waals surface area contributed by atoms with Crippen molar-refractivity contribution in [3.05, 3.63) is 157 Å². The first kappa shape index (κ1) is 57.7. The Morgan fingerprint density at radius 2 is 1.20 bits per heavy atom. The Balaban J connectivity index is 0.000000125. The lowest BCUT2D eigenvalue weighted by molar-refractivity contribution is -0.135. The number of rotatable bonds is 14. The SMILES string of the molecule is COC(=O)C(=O)c1c(C)c(C(=O)On2nnc3cccnc32)n2c1C[C@H]1C[C@H]12.Cc1c(C(=O)C(=O)NC2(c3cn[nH]n3)CC2)c2n(c1C(=O)Nc1ccc(F)c(C#N)c1)[C@@H]1CC1C2.Cc1c(C(=O)C(=O)O)c2n(c1C(=O)Nc1ccc(F)c(C#N)c1)[C@@H]1C[C@@H]1C2. The van der Waals surface area contributed by atoms with E-state index in [2.05, 4.69) is 51.4 Å². The smallest absolute Gasteiger partial charge is 0.382 e. The lowest BCUT2D eigenvalue weighted by Gasteiger charge is -2.14. The fraction of sp³-hybridized carbons (Fsp3) is 0.311. The number of anilines is 2. The number of aromatic amines is 1. The van der Waals surface area contributed by atoms with Gasteiger partial charge in [-0.15, -0.1) is 5.10 Å². The van der Waals surface area contributed by atoms with Gasteiger partial charge >= 0.3 is 17.9 Å². The van der Waals surface area contributed by atoms with E-state index in [9.17, 15) is 51.9 Å². The minimum absolute atomic E-state index is 0.0803. The van der Waals surface area contributed by atoms with Crippen molar-refractivity contribution in [2.24, 2.45) is 17.8 Å². The molecule has 0 spiro atoms. The molecule has 6 atom stereocenters. The molecular weight excluding hydrogens is 1170 g/mol. The van der Waals surface area contributed by atoms with Crippen LogP contribution in [0.4, 0.5) is 20.2 Å². The highest BCUT2D eigenvalue weighted by molar-refractivity contribution is 6.44. The molecule has 0 bridgehead atoms. The van der Waals surface area contributed by atoms with Crippen LogP contribution in [-0.4, -0.2) is 114 Å². The third-order valence-corrected chi connectivity index (χ3v) is 17.8. The Morgan fingerprint density at radius 3 is 1.68 bits per heavy atom. The lowest BCUT2D eigenvalue weighted by atomic mass is 10.0. The maximum absolute atomic E-state index is 13.7. The molecule has 454 valence electrons. The Morgan fingerprint density at radius 1 is 0.700 bits per heavy atom. The number of aliphatic carboxylic acids is 1. The molecule has 5 N–H and O–H groups in total. The third kappa shape index (κ3) is 9.61. The van der Waals surface area contributed by atoms with Crippen molar-refractivity contribution < 1.29 is 66.6 Å². The fourth-order valence-corrected chi connectivity index (χ4v) is 13.2. The largest absolute Gasteiger partial charge is 0.475 e. The number of pyridine rings is 1. The summed E-state index contributed by atoms with van der Waals surface area (Å²) in [6, 6.07) is 14.6. The van der Waals surface area contributed by atoms with Crippen molar-refractivity contribution in [1.82, 2.24) is 54.6 Å². The minimum Gasteiger partial charge on any atom is -0.475 e. The predicted octanol–water partition coefficient (Wildman–Crippen LogP) is 5.41. The summed E-state index contributed by atoms with van der Waals surface area (Å²) in [5, 5.41) is 53.3. The molecule has 90 heavy (non-hydrogen) atoms. The van der Waals surface area contributed by atoms with Gasteiger partial charge in [0.15, 0.2) is 0 Å². The van der Waals surface area contributed by atoms with Gasteiger partial charge in [-0.25, -0.2) is 28.1 Å². The van der Waals surface area contributed by atoms with Crippen LogP contribution in [0.2, 0.25) is 0 Å². The van der Waals surface area contributed by atoms with Gasteiger partial charge in [0, 0.05) is 52.8 Å². The molecule has 4 aliphatic carbocycles. The molecule has 29 heteroatoms. The number of carbonyl (C=O) groups is 9. The highest BCUT2D eigenvalue weighted by Gasteiger charge is 2.54. The molecule has 4 saturated carbocycles. The van der Waals surface area contributed by atoms with E-state index in [0.29, 0.717) is 106 Å². The number of methoxy groups -OCH3 is 1. The number of carboxylic acids is 1. The van der Waals surface area contributed by atoms with Crippen molar-refractivity contribution in [2.45, 2.75) is 95.8 Å². The van der Waals surface area contributed by atoms with Crippen LogP contribution in [0.15, 0.2) is 60.9 Å². The van der Waals surface area contributed by atoms with E-state index < -0.39 is 70.2 Å². The number of halogens is 2. The monoisotopic (exact) mass is 1220 g/mol. The topological polar surface area (TPSA) is 376 Å². The van der Waals surface area contributed by atoms with Crippen LogP contribution < -0.4 is 20.8 Å². The molecule has 3 aliphatic heterocycles. The van der Waals surface area contributed by atoms with E-state index in [4.69, 9.17) is 20.5 Å². The highest BCUT2D eigenvalue weighted by atomic mass is 19.1. The Bertz CT molecular complexity index is 4630. The summed E-state index contributed by atoms with van der Waals surface area (Å²) < 4.78 is 37.2. The van der Waals surface area contributed by atoms with Gasteiger partial charge < -0.3 is 44.3 Å². The number of hydrogen-bond donors (Lipinski definition) is 5. The number of carboxylic acid groups (broad SMARTS) is 1. The summed E-state index contributed by atoms with van der Waals surface area (Å²) in [5.74, 6) is -7.74. The Kier molecular flexibility index (Phi) is 13.8. The van der Waals surface area contributed by atoms with Crippen LogP contribution in [-0.2, 0) is 43.9 Å². The number of carbonyl (C=O) groups excluding carboxylic acids is 8. The number of fused-ring (bicyclic) bond motifs is 10. The summed E-state index contributed by atoms with van der Waals surface area (Å²) in [6.45, 7) is 4.85. The third-order valence-electron chi connectivity index (χ3n) is 17.8. The second-order valence-corrected chi connectivity index (χ2v) is 23.2. The zero-order valence-corrected chi connectivity index (χ0v) is 48.0. The van der Waals surface area contributed by atoms with Gasteiger partial charge in [0.25, 0.3) is 35.1 Å². The van der Waals surface area contributed by atoms with Crippen LogP contribution in [0, 0.1) is 72.8 Å². The molecule has 9 heterocycles. The molecule has 15 rings (SSSR count). The second-order valence-electron chi connectivity index (χ2n) is 23.2. The number of nitrogens with zero attached hydrogens (tertiary/aromatic N) is 11. The number of nitriles is 2. The standard InChI is InChI=1S/C24H20FN7O3.C19H14FN3O4.C18H15N5O5/c1-11-19(21(33)23(35)29-24(4-5-24)18-10-27-31-30-18)17-8-12-7-16(12)32(17)20(11)22(34)28-14-2-3-15(25)13(6-14)9-26;1-8-15(17(24)19(26)27)14-6-9-5-13(9)23(14)16(8)18(25)22-11-2-3-12(20)10(4-11)7-21;1-8-13(15(24)18(26)27-2)12-7-9-6-11(9)22(12)14(8)17(25)28-23-16-10(20-21-23)4-3-5-19-16/h2-3,6,10,12,16H,4-5,7-8H2,1H3,(H,28,34)(H,29,35)(H,27,30,31);2-4,9,13H,5-6H2,1H3,(H,22,25)(H,26,27);3-5,9,11H,6-7H2,1-2H3/t12?,16-;9-,13-;9-,11-/m111/s1. The zero-order valence-electron chi connectivity index (χ0n) is 48.0. The molecule has 2 aromatic carbocycles. The molecule has 4 fully saturated rings. The van der Waals surface area contributed by atoms with Crippen molar-refractivity contribution in [1.29, 1.82) is 10.5 Å². The second kappa shape index (κ2) is 21.5. The molecule has 8 aromatic rings. The number of aromatic nitrogens is 10. The van der Waals surface area contributed by atoms with Gasteiger partial charge in [-0.2, -0.15) is 25.9 Å². The fourth-order valence-electron chi connectivity index (χ4n) is 13.2. The summed E-state index contributed by atoms with van der Waals surface area (Å²) in [7, 11) is 1.15. The first-order valence-corrected chi connectivity index (χ1v) is 28.4. The number of amides is 3. The molecule has 0 radical (unpaired) electrons. The van der Waals surface area contributed by atoms with E-state index >= 15 is 0 Å². The summed E-state index contributed by atoms with van der Waals surface area (Å²) in [5.41, 5.74) is 5.26.